The average molecular weight is 287 g/mol. The molecule has 90 valence electrons. The van der Waals surface area contributed by atoms with Crippen molar-refractivity contribution in [2.24, 2.45) is 5.73 Å². The highest BCUT2D eigenvalue weighted by molar-refractivity contribution is 9.10. The number of halogens is 1. The molecule has 1 rings (SSSR count). The van der Waals surface area contributed by atoms with Gasteiger partial charge in [-0.3, -0.25) is 0 Å². The van der Waals surface area contributed by atoms with Crippen LogP contribution in [0.2, 0.25) is 0 Å². The Kier molecular flexibility index (Phi) is 5.25. The molecule has 0 spiro atoms. The van der Waals surface area contributed by atoms with Crippen molar-refractivity contribution in [3.05, 3.63) is 28.2 Å². The van der Waals surface area contributed by atoms with E-state index in [-0.39, 0.29) is 6.10 Å². The number of hydrogen-bond acceptors (Lipinski definition) is 3. The van der Waals surface area contributed by atoms with Crippen molar-refractivity contribution in [2.45, 2.75) is 26.0 Å². The largest absolute Gasteiger partial charge is 0.393 e. The highest BCUT2D eigenvalue weighted by Gasteiger charge is 2.07. The molecule has 1 aromatic carbocycles. The summed E-state index contributed by atoms with van der Waals surface area (Å²) in [6.07, 6.45) is 0.506. The third-order valence-electron chi connectivity index (χ3n) is 2.54. The summed E-state index contributed by atoms with van der Waals surface area (Å²) in [6.45, 7) is 3.19. The molecule has 0 fully saturated rings. The van der Waals surface area contributed by atoms with Gasteiger partial charge in [-0.15, -0.1) is 0 Å². The summed E-state index contributed by atoms with van der Waals surface area (Å²) in [5.74, 6) is 0. The molecule has 0 aliphatic heterocycles. The molecule has 4 heteroatoms. The van der Waals surface area contributed by atoms with E-state index in [1.54, 1.807) is 6.92 Å². The molecule has 0 aliphatic rings. The fourth-order valence-corrected chi connectivity index (χ4v) is 2.22. The lowest BCUT2D eigenvalue weighted by Crippen LogP contribution is -2.22. The fraction of sp³-hybridized carbons (Fsp3) is 0.500. The Morgan fingerprint density at radius 2 is 2.19 bits per heavy atom. The Balaban J connectivity index is 2.71. The van der Waals surface area contributed by atoms with Gasteiger partial charge in [-0.25, -0.2) is 0 Å². The van der Waals surface area contributed by atoms with Gasteiger partial charge in [-0.05, 0) is 47.0 Å². The van der Waals surface area contributed by atoms with E-state index < -0.39 is 0 Å². The van der Waals surface area contributed by atoms with Crippen LogP contribution in [0.15, 0.2) is 22.7 Å². The zero-order chi connectivity index (χ0) is 12.1. The van der Waals surface area contributed by atoms with Crippen LogP contribution in [0.5, 0.6) is 0 Å². The molecule has 0 aromatic heterocycles. The summed E-state index contributed by atoms with van der Waals surface area (Å²) in [5, 5.41) is 9.24. The minimum absolute atomic E-state index is 0.260. The van der Waals surface area contributed by atoms with E-state index in [9.17, 15) is 5.11 Å². The van der Waals surface area contributed by atoms with Crippen molar-refractivity contribution >= 4 is 21.6 Å². The summed E-state index contributed by atoms with van der Waals surface area (Å²) in [4.78, 5) is 2.12. The van der Waals surface area contributed by atoms with Crippen molar-refractivity contribution in [2.75, 3.05) is 18.5 Å². The molecule has 0 radical (unpaired) electrons. The molecular weight excluding hydrogens is 268 g/mol. The first-order chi connectivity index (χ1) is 7.54. The normalized spacial score (nSPS) is 12.6. The van der Waals surface area contributed by atoms with Gasteiger partial charge in [0, 0.05) is 24.6 Å². The SMILES string of the molecule is CC(O)CCN(C)c1ccc(CN)cc1Br. The van der Waals surface area contributed by atoms with Crippen LogP contribution in [-0.2, 0) is 6.54 Å². The number of nitrogens with zero attached hydrogens (tertiary/aromatic N) is 1. The van der Waals surface area contributed by atoms with E-state index in [1.165, 1.54) is 0 Å². The molecule has 16 heavy (non-hydrogen) atoms. The van der Waals surface area contributed by atoms with E-state index in [0.717, 1.165) is 28.7 Å². The Bertz CT molecular complexity index is 342. The lowest BCUT2D eigenvalue weighted by Gasteiger charge is -2.21. The van der Waals surface area contributed by atoms with Gasteiger partial charge >= 0.3 is 0 Å². The molecule has 0 amide bonds. The van der Waals surface area contributed by atoms with Crippen molar-refractivity contribution in [3.63, 3.8) is 0 Å². The van der Waals surface area contributed by atoms with Crippen LogP contribution >= 0.6 is 15.9 Å². The number of anilines is 1. The standard InChI is InChI=1S/C12H19BrN2O/c1-9(16)5-6-15(2)12-4-3-10(8-14)7-11(12)13/h3-4,7,9,16H,5-6,8,14H2,1-2H3. The molecule has 0 aliphatic carbocycles. The summed E-state index contributed by atoms with van der Waals surface area (Å²) in [5.41, 5.74) is 7.81. The summed E-state index contributed by atoms with van der Waals surface area (Å²) in [6, 6.07) is 6.11. The quantitative estimate of drug-likeness (QED) is 0.872. The predicted molar refractivity (Wildman–Crippen MR) is 71.6 cm³/mol. The lowest BCUT2D eigenvalue weighted by molar-refractivity contribution is 0.187. The minimum Gasteiger partial charge on any atom is -0.393 e. The van der Waals surface area contributed by atoms with Gasteiger partial charge in [-0.2, -0.15) is 0 Å². The summed E-state index contributed by atoms with van der Waals surface area (Å²) in [7, 11) is 2.02. The maximum atomic E-state index is 9.24. The van der Waals surface area contributed by atoms with Gasteiger partial charge in [0.25, 0.3) is 0 Å². The van der Waals surface area contributed by atoms with Crippen molar-refractivity contribution in [3.8, 4) is 0 Å². The zero-order valence-electron chi connectivity index (χ0n) is 9.78. The Labute approximate surface area is 105 Å². The molecule has 3 N–H and O–H groups in total. The predicted octanol–water partition coefficient (Wildman–Crippen LogP) is 2.11. The molecule has 1 aromatic rings. The second-order valence-electron chi connectivity index (χ2n) is 4.05. The topological polar surface area (TPSA) is 49.5 Å². The van der Waals surface area contributed by atoms with Crippen LogP contribution in [0, 0.1) is 0 Å². The van der Waals surface area contributed by atoms with E-state index in [1.807, 2.05) is 25.2 Å². The monoisotopic (exact) mass is 286 g/mol. The number of benzene rings is 1. The smallest absolute Gasteiger partial charge is 0.0528 e. The van der Waals surface area contributed by atoms with Gasteiger partial charge in [0.15, 0.2) is 0 Å². The second-order valence-corrected chi connectivity index (χ2v) is 4.90. The number of aliphatic hydroxyl groups is 1. The average Bonchev–Trinajstić information content (AvgIpc) is 2.25. The second kappa shape index (κ2) is 6.23. The molecule has 3 nitrogen and oxygen atoms in total. The molecular formula is C12H19BrN2O. The van der Waals surface area contributed by atoms with Crippen LogP contribution in [0.4, 0.5) is 5.69 Å². The third-order valence-corrected chi connectivity index (χ3v) is 3.18. The Morgan fingerprint density at radius 3 is 2.69 bits per heavy atom. The van der Waals surface area contributed by atoms with Crippen LogP contribution in [-0.4, -0.2) is 24.8 Å². The molecule has 0 saturated carbocycles. The zero-order valence-corrected chi connectivity index (χ0v) is 11.4. The van der Waals surface area contributed by atoms with Crippen molar-refractivity contribution < 1.29 is 5.11 Å². The minimum atomic E-state index is -0.260. The first-order valence-electron chi connectivity index (χ1n) is 5.42. The lowest BCUT2D eigenvalue weighted by atomic mass is 10.2. The number of hydrogen-bond donors (Lipinski definition) is 2. The highest BCUT2D eigenvalue weighted by Crippen LogP contribution is 2.26. The Morgan fingerprint density at radius 1 is 1.50 bits per heavy atom. The molecule has 0 bridgehead atoms. The number of nitrogens with two attached hydrogens (primary N) is 1. The van der Waals surface area contributed by atoms with E-state index in [0.29, 0.717) is 6.54 Å². The van der Waals surface area contributed by atoms with E-state index >= 15 is 0 Å². The third kappa shape index (κ3) is 3.77. The van der Waals surface area contributed by atoms with E-state index in [4.69, 9.17) is 5.73 Å². The number of aliphatic hydroxyl groups excluding tert-OH is 1. The van der Waals surface area contributed by atoms with E-state index in [2.05, 4.69) is 20.8 Å². The van der Waals surface area contributed by atoms with Crippen LogP contribution in [0.25, 0.3) is 0 Å². The maximum absolute atomic E-state index is 9.24. The summed E-state index contributed by atoms with van der Waals surface area (Å²) >= 11 is 3.54. The van der Waals surface area contributed by atoms with Gasteiger partial charge < -0.3 is 15.7 Å². The highest BCUT2D eigenvalue weighted by atomic mass is 79.9. The first kappa shape index (κ1) is 13.5. The summed E-state index contributed by atoms with van der Waals surface area (Å²) < 4.78 is 1.04. The van der Waals surface area contributed by atoms with Crippen LogP contribution in [0.3, 0.4) is 0 Å². The van der Waals surface area contributed by atoms with Crippen molar-refractivity contribution in [1.29, 1.82) is 0 Å². The van der Waals surface area contributed by atoms with Gasteiger partial charge in [0.1, 0.15) is 0 Å². The van der Waals surface area contributed by atoms with Gasteiger partial charge in [0.05, 0.1) is 11.8 Å². The fourth-order valence-electron chi connectivity index (χ4n) is 1.49. The van der Waals surface area contributed by atoms with Crippen LogP contribution in [0.1, 0.15) is 18.9 Å². The molecule has 1 unspecified atom stereocenters. The Hall–Kier alpha value is -0.580. The van der Waals surface area contributed by atoms with Crippen LogP contribution < -0.4 is 10.6 Å². The molecule has 1 atom stereocenters. The maximum Gasteiger partial charge on any atom is 0.0528 e. The molecule has 0 heterocycles. The van der Waals surface area contributed by atoms with Gasteiger partial charge in [0.2, 0.25) is 0 Å². The first-order valence-corrected chi connectivity index (χ1v) is 6.21. The van der Waals surface area contributed by atoms with Crippen molar-refractivity contribution in [1.82, 2.24) is 0 Å². The van der Waals surface area contributed by atoms with Gasteiger partial charge in [-0.1, -0.05) is 6.07 Å². The number of rotatable bonds is 5. The molecule has 0 saturated heterocycles.